The molecule has 0 bridgehead atoms. The van der Waals surface area contributed by atoms with Gasteiger partial charge in [0.1, 0.15) is 6.61 Å². The average Bonchev–Trinajstić information content (AvgIpc) is 2.26. The van der Waals surface area contributed by atoms with Crippen LogP contribution in [0.5, 0.6) is 5.75 Å². The second kappa shape index (κ2) is 6.23. The Hall–Kier alpha value is -1.60. The van der Waals surface area contributed by atoms with Crippen molar-refractivity contribution < 1.29 is 18.1 Å². The van der Waals surface area contributed by atoms with Crippen LogP contribution >= 0.6 is 10.7 Å². The fraction of sp³-hybridized carbons (Fsp3) is 0.333. The van der Waals surface area contributed by atoms with Gasteiger partial charge < -0.3 is 4.74 Å². The summed E-state index contributed by atoms with van der Waals surface area (Å²) in [6.07, 6.45) is 1.76. The molecule has 0 aliphatic carbocycles. The minimum Gasteiger partial charge on any atom is -0.483 e. The van der Waals surface area contributed by atoms with Gasteiger partial charge in [-0.25, -0.2) is 8.42 Å². The van der Waals surface area contributed by atoms with Crippen LogP contribution in [-0.2, 0) is 9.05 Å². The highest BCUT2D eigenvalue weighted by Gasteiger charge is 2.23. The van der Waals surface area contributed by atoms with Crippen LogP contribution in [0.3, 0.4) is 0 Å². The van der Waals surface area contributed by atoms with E-state index in [-0.39, 0.29) is 22.8 Å². The third-order valence-corrected chi connectivity index (χ3v) is 3.91. The lowest BCUT2D eigenvalue weighted by atomic mass is 10.2. The predicted octanol–water partition coefficient (Wildman–Crippen LogP) is 3.18. The first-order chi connectivity index (χ1) is 9.12. The number of benzene rings is 1. The summed E-state index contributed by atoms with van der Waals surface area (Å²) in [5.41, 5.74) is 0.860. The standard InChI is InChI=1S/C12H14ClNO5S/c1-8(2)4-5-19-11-6-9(3)12(20(13,17)18)7-10(11)14(15)16/h4,6-7H,5H2,1-3H3. The number of rotatable bonds is 5. The second-order valence-corrected chi connectivity index (χ2v) is 6.91. The van der Waals surface area contributed by atoms with E-state index in [4.69, 9.17) is 15.4 Å². The lowest BCUT2D eigenvalue weighted by Crippen LogP contribution is -2.03. The van der Waals surface area contributed by atoms with E-state index in [9.17, 15) is 18.5 Å². The van der Waals surface area contributed by atoms with Crippen molar-refractivity contribution in [2.75, 3.05) is 6.61 Å². The molecule has 0 saturated heterocycles. The Morgan fingerprint density at radius 3 is 2.50 bits per heavy atom. The number of hydrogen-bond donors (Lipinski definition) is 0. The van der Waals surface area contributed by atoms with Crippen molar-refractivity contribution in [2.24, 2.45) is 0 Å². The van der Waals surface area contributed by atoms with E-state index in [1.807, 2.05) is 13.8 Å². The van der Waals surface area contributed by atoms with Crippen molar-refractivity contribution in [3.8, 4) is 5.75 Å². The first-order valence-corrected chi connectivity index (χ1v) is 7.93. The number of nitrogens with zero attached hydrogens (tertiary/aromatic N) is 1. The predicted molar refractivity (Wildman–Crippen MR) is 75.8 cm³/mol. The molecule has 0 aliphatic rings. The van der Waals surface area contributed by atoms with Gasteiger partial charge in [-0.3, -0.25) is 10.1 Å². The first kappa shape index (κ1) is 16.5. The van der Waals surface area contributed by atoms with Crippen molar-refractivity contribution in [2.45, 2.75) is 25.7 Å². The molecule has 0 N–H and O–H groups in total. The maximum Gasteiger partial charge on any atom is 0.312 e. The Bertz CT molecular complexity index is 663. The molecule has 0 radical (unpaired) electrons. The highest BCUT2D eigenvalue weighted by molar-refractivity contribution is 8.13. The molecule has 20 heavy (non-hydrogen) atoms. The molecule has 0 aliphatic heterocycles. The number of aryl methyl sites for hydroxylation is 1. The Kier molecular flexibility index (Phi) is 5.13. The summed E-state index contributed by atoms with van der Waals surface area (Å²) < 4.78 is 28.0. The number of hydrogen-bond acceptors (Lipinski definition) is 5. The summed E-state index contributed by atoms with van der Waals surface area (Å²) in [5, 5.41) is 11.0. The topological polar surface area (TPSA) is 86.5 Å². The van der Waals surface area contributed by atoms with Crippen LogP contribution in [0.15, 0.2) is 28.7 Å². The minimum absolute atomic E-state index is 0.00840. The summed E-state index contributed by atoms with van der Waals surface area (Å²) >= 11 is 0. The van der Waals surface area contributed by atoms with E-state index >= 15 is 0 Å². The monoisotopic (exact) mass is 319 g/mol. The lowest BCUT2D eigenvalue weighted by Gasteiger charge is -2.08. The minimum atomic E-state index is -4.04. The highest BCUT2D eigenvalue weighted by Crippen LogP contribution is 2.33. The van der Waals surface area contributed by atoms with Crippen LogP contribution in [0.1, 0.15) is 19.4 Å². The summed E-state index contributed by atoms with van der Waals surface area (Å²) in [6.45, 7) is 5.39. The summed E-state index contributed by atoms with van der Waals surface area (Å²) in [6, 6.07) is 2.21. The lowest BCUT2D eigenvalue weighted by molar-refractivity contribution is -0.386. The van der Waals surface area contributed by atoms with Crippen LogP contribution in [0.4, 0.5) is 5.69 Å². The van der Waals surface area contributed by atoms with Crippen LogP contribution in [0, 0.1) is 17.0 Å². The molecule has 0 unspecified atom stereocenters. The fourth-order valence-corrected chi connectivity index (χ4v) is 2.66. The first-order valence-electron chi connectivity index (χ1n) is 5.62. The number of nitro benzene ring substituents is 1. The molecule has 0 saturated carbocycles. The van der Waals surface area contributed by atoms with Crippen LogP contribution < -0.4 is 4.74 Å². The number of allylic oxidation sites excluding steroid dienone is 1. The zero-order chi connectivity index (χ0) is 15.5. The molecule has 1 rings (SSSR count). The van der Waals surface area contributed by atoms with Gasteiger partial charge in [-0.1, -0.05) is 5.57 Å². The second-order valence-electron chi connectivity index (χ2n) is 4.37. The molecule has 1 aromatic rings. The third kappa shape index (κ3) is 4.21. The molecule has 0 spiro atoms. The van der Waals surface area contributed by atoms with Crippen molar-refractivity contribution in [1.82, 2.24) is 0 Å². The van der Waals surface area contributed by atoms with Crippen LogP contribution in [-0.4, -0.2) is 19.9 Å². The maximum absolute atomic E-state index is 11.3. The Balaban J connectivity index is 3.29. The molecule has 0 aromatic heterocycles. The van der Waals surface area contributed by atoms with Gasteiger partial charge in [0.05, 0.1) is 9.82 Å². The third-order valence-electron chi connectivity index (χ3n) is 2.45. The van der Waals surface area contributed by atoms with Crippen molar-refractivity contribution >= 4 is 25.4 Å². The van der Waals surface area contributed by atoms with Crippen LogP contribution in [0.2, 0.25) is 0 Å². The fourth-order valence-electron chi connectivity index (χ4n) is 1.47. The van der Waals surface area contributed by atoms with Gasteiger partial charge in [0.15, 0.2) is 5.75 Å². The number of ether oxygens (including phenoxy) is 1. The van der Waals surface area contributed by atoms with E-state index in [2.05, 4.69) is 0 Å². The van der Waals surface area contributed by atoms with Crippen molar-refractivity contribution in [3.05, 3.63) is 39.5 Å². The summed E-state index contributed by atoms with van der Waals surface area (Å²) in [4.78, 5) is 9.98. The van der Waals surface area contributed by atoms with Gasteiger partial charge in [0.25, 0.3) is 9.05 Å². The smallest absolute Gasteiger partial charge is 0.312 e. The Labute approximate surface area is 121 Å². The Morgan fingerprint density at radius 2 is 2.05 bits per heavy atom. The van der Waals surface area contributed by atoms with E-state index in [1.54, 1.807) is 6.08 Å². The van der Waals surface area contributed by atoms with Crippen LogP contribution in [0.25, 0.3) is 0 Å². The summed E-state index contributed by atoms with van der Waals surface area (Å²) in [7, 11) is 1.20. The maximum atomic E-state index is 11.3. The average molecular weight is 320 g/mol. The molecule has 0 atom stereocenters. The van der Waals surface area contributed by atoms with Crippen molar-refractivity contribution in [1.29, 1.82) is 0 Å². The van der Waals surface area contributed by atoms with E-state index in [0.29, 0.717) is 0 Å². The molecule has 0 fully saturated rings. The quantitative estimate of drug-likeness (QED) is 0.360. The van der Waals surface area contributed by atoms with Gasteiger partial charge in [0.2, 0.25) is 0 Å². The van der Waals surface area contributed by atoms with E-state index in [0.717, 1.165) is 11.6 Å². The largest absolute Gasteiger partial charge is 0.483 e. The molecule has 1 aromatic carbocycles. The van der Waals surface area contributed by atoms with Gasteiger partial charge in [-0.2, -0.15) is 0 Å². The van der Waals surface area contributed by atoms with Gasteiger partial charge >= 0.3 is 5.69 Å². The zero-order valence-corrected chi connectivity index (χ0v) is 12.8. The van der Waals surface area contributed by atoms with E-state index in [1.165, 1.54) is 13.0 Å². The number of nitro groups is 1. The SMILES string of the molecule is CC(C)=CCOc1cc(C)c(S(=O)(=O)Cl)cc1[N+](=O)[O-]. The van der Waals surface area contributed by atoms with Gasteiger partial charge in [-0.05, 0) is 38.5 Å². The highest BCUT2D eigenvalue weighted by atomic mass is 35.7. The molecular weight excluding hydrogens is 306 g/mol. The molecule has 8 heteroatoms. The molecule has 110 valence electrons. The van der Waals surface area contributed by atoms with Gasteiger partial charge in [0, 0.05) is 16.7 Å². The normalized spacial score (nSPS) is 11.0. The number of halogens is 1. The van der Waals surface area contributed by atoms with E-state index < -0.39 is 19.7 Å². The molecule has 0 heterocycles. The van der Waals surface area contributed by atoms with Gasteiger partial charge in [-0.15, -0.1) is 0 Å². The molecule has 6 nitrogen and oxygen atoms in total. The summed E-state index contributed by atoms with van der Waals surface area (Å²) in [5.74, 6) is 0.00840. The molecule has 0 amide bonds. The Morgan fingerprint density at radius 1 is 1.45 bits per heavy atom. The van der Waals surface area contributed by atoms with Crippen molar-refractivity contribution in [3.63, 3.8) is 0 Å². The molecular formula is C12H14ClNO5S. The zero-order valence-electron chi connectivity index (χ0n) is 11.2.